The molecule has 14 heavy (non-hydrogen) atoms. The second-order valence-corrected chi connectivity index (χ2v) is 4.34. The molecule has 80 valence electrons. The number of likely N-dealkylation sites (tertiary alicyclic amines) is 1. The zero-order valence-corrected chi connectivity index (χ0v) is 9.34. The van der Waals surface area contributed by atoms with Crippen molar-refractivity contribution in [3.8, 4) is 6.07 Å². The minimum Gasteiger partial charge on any atom is -0.302 e. The lowest BCUT2D eigenvalue weighted by molar-refractivity contribution is 0.180. The van der Waals surface area contributed by atoms with Crippen LogP contribution in [-0.4, -0.2) is 24.5 Å². The van der Waals surface area contributed by atoms with Gasteiger partial charge in [0.05, 0.1) is 6.07 Å². The van der Waals surface area contributed by atoms with E-state index in [2.05, 4.69) is 17.9 Å². The Balaban J connectivity index is 2.09. The molecule has 0 bridgehead atoms. The van der Waals surface area contributed by atoms with Gasteiger partial charge >= 0.3 is 0 Å². The van der Waals surface area contributed by atoms with Crippen molar-refractivity contribution in [1.82, 2.24) is 4.90 Å². The molecule has 0 spiro atoms. The molecular weight excluding hydrogens is 172 g/mol. The number of rotatable bonds is 5. The van der Waals surface area contributed by atoms with Gasteiger partial charge in [-0.25, -0.2) is 0 Å². The molecule has 1 saturated heterocycles. The Labute approximate surface area is 87.9 Å². The van der Waals surface area contributed by atoms with E-state index < -0.39 is 0 Å². The third-order valence-corrected chi connectivity index (χ3v) is 3.21. The van der Waals surface area contributed by atoms with Gasteiger partial charge in [0, 0.05) is 13.0 Å². The second kappa shape index (κ2) is 6.84. The van der Waals surface area contributed by atoms with Gasteiger partial charge in [-0.05, 0) is 31.8 Å². The predicted molar refractivity (Wildman–Crippen MR) is 58.9 cm³/mol. The van der Waals surface area contributed by atoms with Crippen LogP contribution in [0.1, 0.15) is 45.4 Å². The van der Waals surface area contributed by atoms with Gasteiger partial charge in [-0.3, -0.25) is 0 Å². The summed E-state index contributed by atoms with van der Waals surface area (Å²) in [6.45, 7) is 5.69. The van der Waals surface area contributed by atoms with Crippen LogP contribution in [-0.2, 0) is 0 Å². The van der Waals surface area contributed by atoms with Crippen LogP contribution >= 0.6 is 0 Å². The fourth-order valence-corrected chi connectivity index (χ4v) is 2.20. The molecule has 1 aliphatic rings. The van der Waals surface area contributed by atoms with Gasteiger partial charge in [0.1, 0.15) is 0 Å². The summed E-state index contributed by atoms with van der Waals surface area (Å²) in [5.41, 5.74) is 0. The lowest BCUT2D eigenvalue weighted by Gasteiger charge is -2.31. The molecule has 0 radical (unpaired) electrons. The normalized spacial score (nSPS) is 19.4. The van der Waals surface area contributed by atoms with Crippen molar-refractivity contribution in [2.24, 2.45) is 5.92 Å². The maximum absolute atomic E-state index is 8.49. The largest absolute Gasteiger partial charge is 0.302 e. The van der Waals surface area contributed by atoms with Gasteiger partial charge < -0.3 is 4.90 Å². The van der Waals surface area contributed by atoms with Crippen LogP contribution in [0.3, 0.4) is 0 Å². The van der Waals surface area contributed by atoms with Gasteiger partial charge in [0.15, 0.2) is 0 Å². The first-order valence-electron chi connectivity index (χ1n) is 5.96. The number of hydrogen-bond acceptors (Lipinski definition) is 2. The van der Waals surface area contributed by atoms with E-state index in [9.17, 15) is 0 Å². The highest BCUT2D eigenvalue weighted by atomic mass is 15.1. The summed E-state index contributed by atoms with van der Waals surface area (Å²) in [4.78, 5) is 2.44. The summed E-state index contributed by atoms with van der Waals surface area (Å²) < 4.78 is 0. The highest BCUT2D eigenvalue weighted by Gasteiger charge is 2.17. The van der Waals surface area contributed by atoms with Gasteiger partial charge in [-0.1, -0.05) is 26.2 Å². The lowest BCUT2D eigenvalue weighted by atomic mass is 9.92. The Morgan fingerprint density at radius 3 is 2.64 bits per heavy atom. The average Bonchev–Trinajstić information content (AvgIpc) is 2.25. The molecule has 0 N–H and O–H groups in total. The Hall–Kier alpha value is -0.550. The van der Waals surface area contributed by atoms with Crippen LogP contribution in [0.5, 0.6) is 0 Å². The molecule has 0 aromatic heterocycles. The van der Waals surface area contributed by atoms with Crippen molar-refractivity contribution >= 4 is 0 Å². The fraction of sp³-hybridized carbons (Fsp3) is 0.917. The molecule has 0 atom stereocenters. The maximum atomic E-state index is 8.49. The SMILES string of the molecule is CCCCC1CCN(CCC#N)CC1. The van der Waals surface area contributed by atoms with Crippen molar-refractivity contribution in [3.63, 3.8) is 0 Å². The van der Waals surface area contributed by atoms with E-state index in [0.29, 0.717) is 6.42 Å². The van der Waals surface area contributed by atoms with E-state index >= 15 is 0 Å². The molecule has 2 heteroatoms. The third-order valence-electron chi connectivity index (χ3n) is 3.21. The first-order valence-corrected chi connectivity index (χ1v) is 5.96. The van der Waals surface area contributed by atoms with Crippen molar-refractivity contribution in [2.45, 2.75) is 45.4 Å². The Morgan fingerprint density at radius 1 is 1.36 bits per heavy atom. The number of unbranched alkanes of at least 4 members (excludes halogenated alkanes) is 1. The van der Waals surface area contributed by atoms with Crippen LogP contribution in [0, 0.1) is 17.2 Å². The minimum atomic E-state index is 0.694. The molecule has 0 saturated carbocycles. The number of nitriles is 1. The molecule has 1 fully saturated rings. The minimum absolute atomic E-state index is 0.694. The van der Waals surface area contributed by atoms with Crippen molar-refractivity contribution in [3.05, 3.63) is 0 Å². The quantitative estimate of drug-likeness (QED) is 0.673. The molecule has 1 aliphatic heterocycles. The second-order valence-electron chi connectivity index (χ2n) is 4.34. The highest BCUT2D eigenvalue weighted by molar-refractivity contribution is 4.76. The number of hydrogen-bond donors (Lipinski definition) is 0. The molecule has 2 nitrogen and oxygen atoms in total. The number of nitrogens with zero attached hydrogens (tertiary/aromatic N) is 2. The summed E-state index contributed by atoms with van der Waals surface area (Å²) in [6.07, 6.45) is 7.54. The Bertz CT molecular complexity index is 175. The average molecular weight is 194 g/mol. The highest BCUT2D eigenvalue weighted by Crippen LogP contribution is 2.22. The van der Waals surface area contributed by atoms with E-state index in [1.807, 2.05) is 0 Å². The topological polar surface area (TPSA) is 27.0 Å². The Morgan fingerprint density at radius 2 is 2.07 bits per heavy atom. The summed E-state index contributed by atoms with van der Waals surface area (Å²) >= 11 is 0. The smallest absolute Gasteiger partial charge is 0.0635 e. The maximum Gasteiger partial charge on any atom is 0.0635 e. The van der Waals surface area contributed by atoms with Crippen LogP contribution in [0.15, 0.2) is 0 Å². The van der Waals surface area contributed by atoms with Crippen LogP contribution in [0.2, 0.25) is 0 Å². The summed E-state index contributed by atoms with van der Waals surface area (Å²) in [5, 5.41) is 8.49. The third kappa shape index (κ3) is 4.11. The van der Waals surface area contributed by atoms with Gasteiger partial charge in [-0.15, -0.1) is 0 Å². The molecule has 1 heterocycles. The van der Waals surface area contributed by atoms with E-state index in [-0.39, 0.29) is 0 Å². The fourth-order valence-electron chi connectivity index (χ4n) is 2.20. The predicted octanol–water partition coefficient (Wildman–Crippen LogP) is 2.80. The van der Waals surface area contributed by atoms with Gasteiger partial charge in [0.2, 0.25) is 0 Å². The van der Waals surface area contributed by atoms with Crippen LogP contribution in [0.25, 0.3) is 0 Å². The van der Waals surface area contributed by atoms with Gasteiger partial charge in [-0.2, -0.15) is 5.26 Å². The molecule has 0 unspecified atom stereocenters. The van der Waals surface area contributed by atoms with E-state index in [0.717, 1.165) is 12.5 Å². The zero-order chi connectivity index (χ0) is 10.2. The van der Waals surface area contributed by atoms with Crippen molar-refractivity contribution in [2.75, 3.05) is 19.6 Å². The molecule has 1 rings (SSSR count). The molecule has 0 aromatic carbocycles. The summed E-state index contributed by atoms with van der Waals surface area (Å²) in [7, 11) is 0. The molecule has 0 aromatic rings. The molecule has 0 amide bonds. The van der Waals surface area contributed by atoms with E-state index in [1.165, 1.54) is 45.2 Å². The van der Waals surface area contributed by atoms with Crippen LogP contribution < -0.4 is 0 Å². The molecule has 0 aliphatic carbocycles. The first kappa shape index (κ1) is 11.5. The summed E-state index contributed by atoms with van der Waals surface area (Å²) in [6, 6.07) is 2.22. The van der Waals surface area contributed by atoms with E-state index in [1.54, 1.807) is 0 Å². The molecular formula is C12H22N2. The van der Waals surface area contributed by atoms with Crippen molar-refractivity contribution < 1.29 is 0 Å². The summed E-state index contributed by atoms with van der Waals surface area (Å²) in [5.74, 6) is 0.966. The standard InChI is InChI=1S/C12H22N2/c1-2-3-5-12-6-10-14(11-7-12)9-4-8-13/h12H,2-7,9-11H2,1H3. The monoisotopic (exact) mass is 194 g/mol. The van der Waals surface area contributed by atoms with Gasteiger partial charge in [0.25, 0.3) is 0 Å². The van der Waals surface area contributed by atoms with Crippen LogP contribution in [0.4, 0.5) is 0 Å². The number of piperidine rings is 1. The van der Waals surface area contributed by atoms with E-state index in [4.69, 9.17) is 5.26 Å². The zero-order valence-electron chi connectivity index (χ0n) is 9.34. The Kier molecular flexibility index (Phi) is 5.63. The first-order chi connectivity index (χ1) is 6.86. The lowest BCUT2D eigenvalue weighted by Crippen LogP contribution is -2.34. The van der Waals surface area contributed by atoms with Crippen molar-refractivity contribution in [1.29, 1.82) is 5.26 Å².